The van der Waals surface area contributed by atoms with Crippen LogP contribution in [0.15, 0.2) is 24.3 Å². The van der Waals surface area contributed by atoms with Gasteiger partial charge < -0.3 is 19.7 Å². The van der Waals surface area contributed by atoms with E-state index in [1.807, 2.05) is 31.2 Å². The predicted octanol–water partition coefficient (Wildman–Crippen LogP) is 3.40. The van der Waals surface area contributed by atoms with E-state index in [1.165, 1.54) is 0 Å². The summed E-state index contributed by atoms with van der Waals surface area (Å²) >= 11 is 0. The number of aliphatic hydroxyl groups is 2. The summed E-state index contributed by atoms with van der Waals surface area (Å²) in [6.45, 7) is 11.6. The Bertz CT molecular complexity index is 663. The Morgan fingerprint density at radius 1 is 1.14 bits per heavy atom. The van der Waals surface area contributed by atoms with Crippen LogP contribution < -0.4 is 4.74 Å². The normalized spacial score (nSPS) is 32.0. The van der Waals surface area contributed by atoms with Crippen molar-refractivity contribution in [1.82, 2.24) is 4.90 Å². The van der Waals surface area contributed by atoms with Crippen LogP contribution in [0.1, 0.15) is 52.0 Å². The van der Waals surface area contributed by atoms with Gasteiger partial charge in [0.05, 0.1) is 18.8 Å². The number of aryl methyl sites for hydroxylation is 1. The van der Waals surface area contributed by atoms with Crippen molar-refractivity contribution in [2.45, 2.75) is 64.6 Å². The van der Waals surface area contributed by atoms with Crippen LogP contribution in [0.4, 0.5) is 0 Å². The van der Waals surface area contributed by atoms with Crippen LogP contribution >= 0.6 is 0 Å². The fourth-order valence-electron chi connectivity index (χ4n) is 4.74. The molecule has 1 aromatic carbocycles. The standard InChI is InChI=1S/C24H39NO4/c1-19-7-5-6-8-21(19)29-18-24(27)16-25(13-14-28-17-24)15-23(26)11-9-20(10-12-23)22(2,3)4/h5-8,20,26-27H,9-18H2,1-4H3/t20?,23?,24-/m0/s1. The molecule has 164 valence electrons. The molecule has 1 saturated carbocycles. The monoisotopic (exact) mass is 405 g/mol. The van der Waals surface area contributed by atoms with Gasteiger partial charge in [-0.15, -0.1) is 0 Å². The number of rotatable bonds is 5. The molecule has 0 spiro atoms. The van der Waals surface area contributed by atoms with Gasteiger partial charge >= 0.3 is 0 Å². The van der Waals surface area contributed by atoms with Gasteiger partial charge in [0.15, 0.2) is 0 Å². The first kappa shape index (κ1) is 22.5. The average Bonchev–Trinajstić information content (AvgIpc) is 2.82. The van der Waals surface area contributed by atoms with Crippen LogP contribution in [0.2, 0.25) is 0 Å². The second-order valence-electron chi connectivity index (χ2n) is 10.4. The van der Waals surface area contributed by atoms with Crippen LogP contribution in [0, 0.1) is 18.3 Å². The van der Waals surface area contributed by atoms with E-state index in [1.54, 1.807) is 0 Å². The molecule has 3 rings (SSSR count). The number of hydrogen-bond donors (Lipinski definition) is 2. The summed E-state index contributed by atoms with van der Waals surface area (Å²) in [6, 6.07) is 7.83. The zero-order valence-corrected chi connectivity index (χ0v) is 18.6. The Hall–Kier alpha value is -1.14. The minimum atomic E-state index is -1.09. The van der Waals surface area contributed by atoms with E-state index < -0.39 is 11.2 Å². The van der Waals surface area contributed by atoms with Crippen molar-refractivity contribution in [2.24, 2.45) is 11.3 Å². The summed E-state index contributed by atoms with van der Waals surface area (Å²) in [7, 11) is 0. The van der Waals surface area contributed by atoms with E-state index in [9.17, 15) is 10.2 Å². The molecule has 0 unspecified atom stereocenters. The topological polar surface area (TPSA) is 62.2 Å². The van der Waals surface area contributed by atoms with E-state index in [0.29, 0.717) is 31.0 Å². The molecule has 0 bridgehead atoms. The number of β-amino-alcohol motifs (C(OH)–C–C–N with tert-alkyl or cyclic N) is 2. The minimum absolute atomic E-state index is 0.179. The Morgan fingerprint density at radius 2 is 1.83 bits per heavy atom. The number of ether oxygens (including phenoxy) is 2. The average molecular weight is 406 g/mol. The zero-order valence-electron chi connectivity index (χ0n) is 18.6. The second kappa shape index (κ2) is 8.93. The molecule has 1 atom stereocenters. The van der Waals surface area contributed by atoms with Gasteiger partial charge in [-0.25, -0.2) is 0 Å². The van der Waals surface area contributed by atoms with Gasteiger partial charge in [0, 0.05) is 19.6 Å². The van der Waals surface area contributed by atoms with Crippen molar-refractivity contribution in [3.05, 3.63) is 29.8 Å². The van der Waals surface area contributed by atoms with Gasteiger partial charge in [0.25, 0.3) is 0 Å². The molecule has 1 aromatic rings. The Kier molecular flexibility index (Phi) is 6.94. The number of benzene rings is 1. The lowest BCUT2D eigenvalue weighted by Gasteiger charge is -2.43. The third kappa shape index (κ3) is 6.17. The van der Waals surface area contributed by atoms with E-state index in [-0.39, 0.29) is 13.2 Å². The van der Waals surface area contributed by atoms with Gasteiger partial charge in [0.2, 0.25) is 0 Å². The summed E-state index contributed by atoms with van der Waals surface area (Å²) in [4.78, 5) is 2.16. The Morgan fingerprint density at radius 3 is 2.48 bits per heavy atom. The summed E-state index contributed by atoms with van der Waals surface area (Å²) in [5.41, 5.74) is -0.417. The first-order valence-electron chi connectivity index (χ1n) is 11.0. The maximum Gasteiger partial charge on any atom is 0.134 e. The highest BCUT2D eigenvalue weighted by Gasteiger charge is 2.41. The Labute approximate surface area is 176 Å². The van der Waals surface area contributed by atoms with Crippen LogP contribution in [-0.2, 0) is 4.74 Å². The number of para-hydroxylation sites is 1. The Balaban J connectivity index is 1.58. The lowest BCUT2D eigenvalue weighted by atomic mass is 9.68. The third-order valence-corrected chi connectivity index (χ3v) is 6.69. The van der Waals surface area contributed by atoms with Crippen molar-refractivity contribution in [1.29, 1.82) is 0 Å². The zero-order chi connectivity index (χ0) is 21.1. The molecular weight excluding hydrogens is 366 g/mol. The van der Waals surface area contributed by atoms with Crippen molar-refractivity contribution in [3.63, 3.8) is 0 Å². The minimum Gasteiger partial charge on any atom is -0.490 e. The smallest absolute Gasteiger partial charge is 0.134 e. The van der Waals surface area contributed by atoms with Crippen molar-refractivity contribution in [3.8, 4) is 5.75 Å². The summed E-state index contributed by atoms with van der Waals surface area (Å²) in [6.07, 6.45) is 3.77. The largest absolute Gasteiger partial charge is 0.490 e. The quantitative estimate of drug-likeness (QED) is 0.786. The highest BCUT2D eigenvalue weighted by molar-refractivity contribution is 5.31. The molecule has 0 radical (unpaired) electrons. The second-order valence-corrected chi connectivity index (χ2v) is 10.4. The molecule has 2 aliphatic rings. The molecule has 0 aromatic heterocycles. The van der Waals surface area contributed by atoms with Crippen LogP contribution in [0.3, 0.4) is 0 Å². The molecule has 0 amide bonds. The van der Waals surface area contributed by atoms with Crippen molar-refractivity contribution < 1.29 is 19.7 Å². The van der Waals surface area contributed by atoms with Crippen LogP contribution in [-0.4, -0.2) is 65.8 Å². The molecule has 1 saturated heterocycles. The maximum atomic E-state index is 11.2. The van der Waals surface area contributed by atoms with Crippen molar-refractivity contribution in [2.75, 3.05) is 39.5 Å². The molecule has 1 aliphatic carbocycles. The SMILES string of the molecule is Cc1ccccc1OC[C@@]1(O)COCCN(CC2(O)CCC(C(C)(C)C)CC2)C1. The van der Waals surface area contributed by atoms with Crippen LogP contribution in [0.25, 0.3) is 0 Å². The molecule has 5 heteroatoms. The molecule has 5 nitrogen and oxygen atoms in total. The highest BCUT2D eigenvalue weighted by atomic mass is 16.5. The summed E-state index contributed by atoms with van der Waals surface area (Å²) in [5.74, 6) is 1.45. The van der Waals surface area contributed by atoms with E-state index >= 15 is 0 Å². The van der Waals surface area contributed by atoms with Gasteiger partial charge in [-0.2, -0.15) is 0 Å². The van der Waals surface area contributed by atoms with E-state index in [4.69, 9.17) is 9.47 Å². The van der Waals surface area contributed by atoms with E-state index in [0.717, 1.165) is 43.5 Å². The number of nitrogens with zero attached hydrogens (tertiary/aromatic N) is 1. The molecule has 1 heterocycles. The van der Waals surface area contributed by atoms with Gasteiger partial charge in [-0.1, -0.05) is 39.0 Å². The lowest BCUT2D eigenvalue weighted by molar-refractivity contribution is -0.0808. The van der Waals surface area contributed by atoms with Gasteiger partial charge in [-0.3, -0.25) is 4.90 Å². The van der Waals surface area contributed by atoms with Gasteiger partial charge in [0.1, 0.15) is 18.0 Å². The van der Waals surface area contributed by atoms with Crippen molar-refractivity contribution >= 4 is 0 Å². The first-order chi connectivity index (χ1) is 13.6. The maximum absolute atomic E-state index is 11.2. The number of hydrogen-bond acceptors (Lipinski definition) is 5. The third-order valence-electron chi connectivity index (χ3n) is 6.69. The van der Waals surface area contributed by atoms with E-state index in [2.05, 4.69) is 25.7 Å². The molecule has 2 fully saturated rings. The first-order valence-corrected chi connectivity index (χ1v) is 11.0. The van der Waals surface area contributed by atoms with Crippen LogP contribution in [0.5, 0.6) is 5.75 Å². The fraction of sp³-hybridized carbons (Fsp3) is 0.750. The van der Waals surface area contributed by atoms with Gasteiger partial charge in [-0.05, 0) is 55.6 Å². The summed E-state index contributed by atoms with van der Waals surface area (Å²) in [5, 5.41) is 22.4. The molecule has 2 N–H and O–H groups in total. The summed E-state index contributed by atoms with van der Waals surface area (Å²) < 4.78 is 11.6. The lowest BCUT2D eigenvalue weighted by Crippen LogP contribution is -2.53. The predicted molar refractivity (Wildman–Crippen MR) is 115 cm³/mol. The molecular formula is C24H39NO4. The highest BCUT2D eigenvalue weighted by Crippen LogP contribution is 2.41. The molecule has 1 aliphatic heterocycles. The molecule has 29 heavy (non-hydrogen) atoms. The fourth-order valence-corrected chi connectivity index (χ4v) is 4.74.